The molecule has 0 amide bonds. The van der Waals surface area contributed by atoms with Crippen molar-refractivity contribution in [1.29, 1.82) is 0 Å². The quantitative estimate of drug-likeness (QED) is 0.444. The van der Waals surface area contributed by atoms with Crippen molar-refractivity contribution < 1.29 is 29.4 Å². The molecule has 1 saturated carbocycles. The average molecular weight is 317 g/mol. The fourth-order valence-corrected chi connectivity index (χ4v) is 2.76. The van der Waals surface area contributed by atoms with Gasteiger partial charge >= 0.3 is 5.97 Å². The molecule has 0 saturated heterocycles. The summed E-state index contributed by atoms with van der Waals surface area (Å²) in [5, 5.41) is 8.25. The Kier molecular flexibility index (Phi) is 6.47. The van der Waals surface area contributed by atoms with Crippen LogP contribution >= 0.6 is 0 Å². The predicted octanol–water partition coefficient (Wildman–Crippen LogP) is 4.32. The zero-order chi connectivity index (χ0) is 14.1. The Bertz CT molecular complexity index is 350. The van der Waals surface area contributed by atoms with E-state index in [1.54, 1.807) is 26.3 Å². The van der Waals surface area contributed by atoms with Crippen LogP contribution in [0.3, 0.4) is 0 Å². The molecule has 0 aromatic heterocycles. The number of allylic oxidation sites excluding steroid dienone is 2. The van der Waals surface area contributed by atoms with E-state index in [1.165, 1.54) is 12.8 Å². The molecule has 0 aromatic carbocycles. The second kappa shape index (κ2) is 6.52. The van der Waals surface area contributed by atoms with Crippen LogP contribution in [-0.2, 0) is 24.3 Å². The summed E-state index contributed by atoms with van der Waals surface area (Å²) in [6.45, 7) is 13.8. The molecule has 0 aliphatic heterocycles. The van der Waals surface area contributed by atoms with Crippen LogP contribution in [0.25, 0.3) is 0 Å². The Labute approximate surface area is 130 Å². The first-order chi connectivity index (χ1) is 8.10. The number of carboxylic acid groups (broad SMARTS) is 1. The van der Waals surface area contributed by atoms with Gasteiger partial charge in [0, 0.05) is 19.5 Å². The summed E-state index contributed by atoms with van der Waals surface area (Å²) >= 11 is 0. The van der Waals surface area contributed by atoms with E-state index in [4.69, 9.17) is 5.11 Å². The molecule has 2 atom stereocenters. The van der Waals surface area contributed by atoms with E-state index >= 15 is 0 Å². The number of aliphatic carboxylic acids is 1. The molecule has 0 heterocycles. The van der Waals surface area contributed by atoms with Crippen LogP contribution in [0.5, 0.6) is 0 Å². The van der Waals surface area contributed by atoms with Crippen LogP contribution in [0, 0.1) is 29.6 Å². The molecule has 2 unspecified atom stereocenters. The van der Waals surface area contributed by atoms with E-state index in [-0.39, 0.29) is 19.5 Å². The maximum atomic E-state index is 10.0. The van der Waals surface area contributed by atoms with Gasteiger partial charge < -0.3 is 12.0 Å². The predicted molar refractivity (Wildman–Crippen MR) is 75.1 cm³/mol. The van der Waals surface area contributed by atoms with Crippen LogP contribution in [0.2, 0.25) is 0 Å². The summed E-state index contributed by atoms with van der Waals surface area (Å²) < 4.78 is 0. The minimum atomic E-state index is -0.757. The Morgan fingerprint density at radius 2 is 1.95 bits per heavy atom. The van der Waals surface area contributed by atoms with Gasteiger partial charge in [0.25, 0.3) is 0 Å². The third-order valence-electron chi connectivity index (χ3n) is 4.51. The Morgan fingerprint density at radius 3 is 2.16 bits per heavy atom. The van der Waals surface area contributed by atoms with Crippen LogP contribution < -0.4 is 0 Å². The summed E-state index contributed by atoms with van der Waals surface area (Å²) in [5.74, 6) is 1.09. The SMILES string of the molecule is CC(C)(C)C(=O)O.[CH2-]CC1=CCC2CC1C2(C)C.[Zn]. The monoisotopic (exact) mass is 315 g/mol. The van der Waals surface area contributed by atoms with Crippen LogP contribution in [0.15, 0.2) is 11.6 Å². The molecule has 3 heteroatoms. The summed E-state index contributed by atoms with van der Waals surface area (Å²) in [5.41, 5.74) is 1.64. The van der Waals surface area contributed by atoms with Crippen LogP contribution in [-0.4, -0.2) is 11.1 Å². The molecule has 1 fully saturated rings. The van der Waals surface area contributed by atoms with E-state index in [2.05, 4.69) is 26.8 Å². The summed E-state index contributed by atoms with van der Waals surface area (Å²) in [6.07, 6.45) is 6.21. The standard InChI is InChI=1S/C11H17.C5H10O2.Zn/c1-4-8-5-6-9-7-10(8)11(9,2)3;1-5(2,3)4(6)7;/h5,9-10H,1,4,6-7H2,2-3H3;1-3H3,(H,6,7);/q-1;;. The van der Waals surface area contributed by atoms with Gasteiger partial charge in [-0.1, -0.05) is 19.9 Å². The van der Waals surface area contributed by atoms with E-state index in [1.807, 2.05) is 0 Å². The average Bonchev–Trinajstić information content (AvgIpc) is 2.28. The van der Waals surface area contributed by atoms with Crippen molar-refractivity contribution in [2.24, 2.45) is 22.7 Å². The number of fused-ring (bicyclic) bond motifs is 1. The molecule has 3 aliphatic carbocycles. The number of hydrogen-bond acceptors (Lipinski definition) is 1. The fourth-order valence-electron chi connectivity index (χ4n) is 2.76. The summed E-state index contributed by atoms with van der Waals surface area (Å²) in [4.78, 5) is 10.0. The topological polar surface area (TPSA) is 37.3 Å². The van der Waals surface area contributed by atoms with Crippen molar-refractivity contribution in [1.82, 2.24) is 0 Å². The van der Waals surface area contributed by atoms with Gasteiger partial charge in [0.05, 0.1) is 5.41 Å². The third kappa shape index (κ3) is 4.15. The van der Waals surface area contributed by atoms with Crippen molar-refractivity contribution in [3.05, 3.63) is 18.6 Å². The van der Waals surface area contributed by atoms with Gasteiger partial charge in [-0.15, -0.1) is 5.57 Å². The molecule has 1 N–H and O–H groups in total. The zero-order valence-corrected chi connectivity index (χ0v) is 16.1. The zero-order valence-electron chi connectivity index (χ0n) is 13.1. The first-order valence-corrected chi connectivity index (χ1v) is 6.82. The molecule has 0 radical (unpaired) electrons. The second-order valence-electron chi connectivity index (χ2n) is 7.13. The summed E-state index contributed by atoms with van der Waals surface area (Å²) in [6, 6.07) is 0. The van der Waals surface area contributed by atoms with Gasteiger partial charge in [-0.3, -0.25) is 4.79 Å². The molecule has 2 nitrogen and oxygen atoms in total. The van der Waals surface area contributed by atoms with E-state index in [9.17, 15) is 4.79 Å². The van der Waals surface area contributed by atoms with Crippen molar-refractivity contribution in [3.8, 4) is 0 Å². The van der Waals surface area contributed by atoms with Crippen LogP contribution in [0.4, 0.5) is 0 Å². The maximum absolute atomic E-state index is 10.0. The minimum absolute atomic E-state index is 0. The maximum Gasteiger partial charge on any atom is 0.308 e. The summed E-state index contributed by atoms with van der Waals surface area (Å²) in [7, 11) is 0. The molecule has 3 rings (SSSR count). The van der Waals surface area contributed by atoms with Gasteiger partial charge in [-0.05, 0) is 50.9 Å². The number of hydrogen-bond donors (Lipinski definition) is 1. The third-order valence-corrected chi connectivity index (χ3v) is 4.51. The normalized spacial score (nSPS) is 26.9. The first-order valence-electron chi connectivity index (χ1n) is 6.82. The molecular formula is C16H27O2Zn-. The van der Waals surface area contributed by atoms with Crippen molar-refractivity contribution in [2.45, 2.75) is 53.9 Å². The van der Waals surface area contributed by atoms with E-state index in [0.717, 1.165) is 18.3 Å². The molecule has 0 spiro atoms. The Balaban J connectivity index is 0.000000360. The minimum Gasteiger partial charge on any atom is -0.481 e. The Morgan fingerprint density at radius 1 is 1.47 bits per heavy atom. The molecule has 3 aliphatic rings. The van der Waals surface area contributed by atoms with Gasteiger partial charge in [-0.25, -0.2) is 0 Å². The van der Waals surface area contributed by atoms with Crippen molar-refractivity contribution in [2.75, 3.05) is 0 Å². The number of carbonyl (C=O) groups is 1. The fraction of sp³-hybridized carbons (Fsp3) is 0.750. The van der Waals surface area contributed by atoms with Gasteiger partial charge in [0.2, 0.25) is 0 Å². The van der Waals surface area contributed by atoms with Crippen molar-refractivity contribution in [3.63, 3.8) is 0 Å². The van der Waals surface area contributed by atoms with E-state index < -0.39 is 11.4 Å². The van der Waals surface area contributed by atoms with Gasteiger partial charge in [-0.2, -0.15) is 6.42 Å². The molecule has 2 bridgehead atoms. The largest absolute Gasteiger partial charge is 0.481 e. The van der Waals surface area contributed by atoms with E-state index in [0.29, 0.717) is 5.41 Å². The van der Waals surface area contributed by atoms with Crippen molar-refractivity contribution >= 4 is 5.97 Å². The molecule has 19 heavy (non-hydrogen) atoms. The number of carboxylic acids is 1. The molecule has 0 aromatic rings. The van der Waals surface area contributed by atoms with Gasteiger partial charge in [0.1, 0.15) is 0 Å². The molecule has 106 valence electrons. The first kappa shape index (κ1) is 18.8. The van der Waals surface area contributed by atoms with Gasteiger partial charge in [0.15, 0.2) is 0 Å². The second-order valence-corrected chi connectivity index (χ2v) is 7.13. The Hall–Kier alpha value is -0.167. The smallest absolute Gasteiger partial charge is 0.308 e. The number of rotatable bonds is 1. The molecular weight excluding hydrogens is 290 g/mol. The van der Waals surface area contributed by atoms with Crippen LogP contribution in [0.1, 0.15) is 53.9 Å².